The highest BCUT2D eigenvalue weighted by atomic mass is 32.2. The standard InChI is InChI=1S/C16H31N3O3S/c1-12-6-8-14(9-7-12)18-23(21,22)11-16(20)19-10-4-3-5-15(19)13(2)17/h12-15,18H,3-11,17H2,1-2H3. The van der Waals surface area contributed by atoms with Crippen molar-refractivity contribution in [2.45, 2.75) is 76.9 Å². The van der Waals surface area contributed by atoms with Crippen LogP contribution in [0, 0.1) is 5.92 Å². The second kappa shape index (κ2) is 7.94. The van der Waals surface area contributed by atoms with E-state index in [-0.39, 0.29) is 24.0 Å². The number of carbonyl (C=O) groups excluding carboxylic acids is 1. The summed E-state index contributed by atoms with van der Waals surface area (Å²) in [5.74, 6) is -0.108. The van der Waals surface area contributed by atoms with Gasteiger partial charge in [-0.25, -0.2) is 13.1 Å². The Morgan fingerprint density at radius 1 is 1.22 bits per heavy atom. The lowest BCUT2D eigenvalue weighted by molar-refractivity contribution is -0.132. The molecule has 7 heteroatoms. The highest BCUT2D eigenvalue weighted by Crippen LogP contribution is 2.24. The average Bonchev–Trinajstić information content (AvgIpc) is 2.49. The Bertz CT molecular complexity index is 499. The van der Waals surface area contributed by atoms with Gasteiger partial charge < -0.3 is 10.6 Å². The van der Waals surface area contributed by atoms with Gasteiger partial charge in [0, 0.05) is 24.7 Å². The predicted molar refractivity (Wildman–Crippen MR) is 91.3 cm³/mol. The maximum absolute atomic E-state index is 12.5. The smallest absolute Gasteiger partial charge is 0.239 e. The molecule has 0 aromatic rings. The summed E-state index contributed by atoms with van der Waals surface area (Å²) in [5, 5.41) is 0. The highest BCUT2D eigenvalue weighted by molar-refractivity contribution is 7.90. The summed E-state index contributed by atoms with van der Waals surface area (Å²) in [6, 6.07) is -0.189. The van der Waals surface area contributed by atoms with E-state index in [0.29, 0.717) is 12.5 Å². The van der Waals surface area contributed by atoms with Gasteiger partial charge in [-0.05, 0) is 57.8 Å². The zero-order chi connectivity index (χ0) is 17.0. The Morgan fingerprint density at radius 2 is 1.87 bits per heavy atom. The molecule has 0 radical (unpaired) electrons. The third-order valence-corrected chi connectivity index (χ3v) is 6.47. The van der Waals surface area contributed by atoms with E-state index in [9.17, 15) is 13.2 Å². The van der Waals surface area contributed by atoms with E-state index >= 15 is 0 Å². The number of piperidine rings is 1. The average molecular weight is 346 g/mol. The molecular weight excluding hydrogens is 314 g/mol. The minimum atomic E-state index is -3.58. The van der Waals surface area contributed by atoms with E-state index in [1.165, 1.54) is 0 Å². The van der Waals surface area contributed by atoms with E-state index in [4.69, 9.17) is 5.73 Å². The van der Waals surface area contributed by atoms with Crippen molar-refractivity contribution in [3.8, 4) is 0 Å². The third-order valence-electron chi connectivity index (χ3n) is 5.15. The fourth-order valence-electron chi connectivity index (χ4n) is 3.73. The monoisotopic (exact) mass is 345 g/mol. The molecule has 2 fully saturated rings. The van der Waals surface area contributed by atoms with Gasteiger partial charge in [0.2, 0.25) is 15.9 Å². The van der Waals surface area contributed by atoms with Crippen LogP contribution >= 0.6 is 0 Å². The van der Waals surface area contributed by atoms with Crippen molar-refractivity contribution in [1.29, 1.82) is 0 Å². The van der Waals surface area contributed by atoms with E-state index in [1.807, 2.05) is 6.92 Å². The normalized spacial score (nSPS) is 30.9. The lowest BCUT2D eigenvalue weighted by atomic mass is 9.88. The third kappa shape index (κ3) is 5.43. The van der Waals surface area contributed by atoms with Crippen molar-refractivity contribution in [2.24, 2.45) is 11.7 Å². The van der Waals surface area contributed by atoms with Crippen LogP contribution in [0.25, 0.3) is 0 Å². The molecule has 0 spiro atoms. The van der Waals surface area contributed by atoms with Crippen LogP contribution < -0.4 is 10.5 Å². The molecule has 2 atom stereocenters. The highest BCUT2D eigenvalue weighted by Gasteiger charge is 2.32. The van der Waals surface area contributed by atoms with Crippen LogP contribution in [0.4, 0.5) is 0 Å². The van der Waals surface area contributed by atoms with Crippen LogP contribution in [-0.2, 0) is 14.8 Å². The zero-order valence-corrected chi connectivity index (χ0v) is 15.1. The molecule has 2 rings (SSSR count). The number of nitrogens with two attached hydrogens (primary N) is 1. The zero-order valence-electron chi connectivity index (χ0n) is 14.3. The van der Waals surface area contributed by atoms with Crippen LogP contribution in [0.1, 0.15) is 58.8 Å². The molecule has 2 unspecified atom stereocenters. The van der Waals surface area contributed by atoms with Crippen LogP contribution in [0.3, 0.4) is 0 Å². The van der Waals surface area contributed by atoms with Gasteiger partial charge in [-0.2, -0.15) is 0 Å². The summed E-state index contributed by atoms with van der Waals surface area (Å²) in [5.41, 5.74) is 5.96. The van der Waals surface area contributed by atoms with E-state index in [1.54, 1.807) is 4.90 Å². The Hall–Kier alpha value is -0.660. The molecule has 1 saturated heterocycles. The molecule has 0 aromatic carbocycles. The molecule has 1 amide bonds. The van der Waals surface area contributed by atoms with E-state index in [0.717, 1.165) is 44.9 Å². The van der Waals surface area contributed by atoms with Gasteiger partial charge in [0.25, 0.3) is 0 Å². The minimum absolute atomic E-state index is 0.0189. The number of nitrogens with one attached hydrogen (secondary N) is 1. The van der Waals surface area contributed by atoms with Crippen LogP contribution in [-0.4, -0.2) is 49.6 Å². The molecule has 1 aliphatic heterocycles. The lowest BCUT2D eigenvalue weighted by Gasteiger charge is -2.38. The van der Waals surface area contributed by atoms with Crippen LogP contribution in [0.5, 0.6) is 0 Å². The largest absolute Gasteiger partial charge is 0.337 e. The minimum Gasteiger partial charge on any atom is -0.337 e. The second-order valence-electron chi connectivity index (χ2n) is 7.34. The fourth-order valence-corrected chi connectivity index (χ4v) is 5.05. The first-order valence-corrected chi connectivity index (χ1v) is 10.5. The molecule has 6 nitrogen and oxygen atoms in total. The van der Waals surface area contributed by atoms with Crippen molar-refractivity contribution >= 4 is 15.9 Å². The van der Waals surface area contributed by atoms with Crippen LogP contribution in [0.15, 0.2) is 0 Å². The summed E-state index contributed by atoms with van der Waals surface area (Å²) in [7, 11) is -3.58. The number of amides is 1. The summed E-state index contributed by atoms with van der Waals surface area (Å²) < 4.78 is 27.4. The summed E-state index contributed by atoms with van der Waals surface area (Å²) in [4.78, 5) is 14.2. The van der Waals surface area contributed by atoms with Gasteiger partial charge in [-0.3, -0.25) is 4.79 Å². The number of rotatable bonds is 5. The summed E-state index contributed by atoms with van der Waals surface area (Å²) >= 11 is 0. The molecule has 23 heavy (non-hydrogen) atoms. The van der Waals surface area contributed by atoms with Crippen LogP contribution in [0.2, 0.25) is 0 Å². The van der Waals surface area contributed by atoms with Crippen molar-refractivity contribution in [3.63, 3.8) is 0 Å². The first-order chi connectivity index (χ1) is 10.8. The van der Waals surface area contributed by atoms with Gasteiger partial charge in [0.1, 0.15) is 5.75 Å². The van der Waals surface area contributed by atoms with Gasteiger partial charge in [0.15, 0.2) is 0 Å². The fraction of sp³-hybridized carbons (Fsp3) is 0.938. The van der Waals surface area contributed by atoms with Crippen molar-refractivity contribution in [3.05, 3.63) is 0 Å². The molecule has 1 saturated carbocycles. The maximum Gasteiger partial charge on any atom is 0.239 e. The molecular formula is C16H31N3O3S. The maximum atomic E-state index is 12.5. The Balaban J connectivity index is 1.92. The number of hydrogen-bond donors (Lipinski definition) is 2. The number of sulfonamides is 1. The van der Waals surface area contributed by atoms with Gasteiger partial charge in [0.05, 0.1) is 0 Å². The van der Waals surface area contributed by atoms with Crippen molar-refractivity contribution in [2.75, 3.05) is 12.3 Å². The van der Waals surface area contributed by atoms with E-state index < -0.39 is 15.8 Å². The number of likely N-dealkylation sites (tertiary alicyclic amines) is 1. The topological polar surface area (TPSA) is 92.5 Å². The molecule has 0 bridgehead atoms. The molecule has 1 heterocycles. The number of nitrogens with zero attached hydrogens (tertiary/aromatic N) is 1. The first-order valence-electron chi connectivity index (χ1n) is 8.83. The van der Waals surface area contributed by atoms with Gasteiger partial charge >= 0.3 is 0 Å². The predicted octanol–water partition coefficient (Wildman–Crippen LogP) is 1.21. The summed E-state index contributed by atoms with van der Waals surface area (Å²) in [6.07, 6.45) is 6.63. The van der Waals surface area contributed by atoms with E-state index in [2.05, 4.69) is 11.6 Å². The number of hydrogen-bond acceptors (Lipinski definition) is 4. The molecule has 1 aliphatic carbocycles. The number of carbonyl (C=O) groups is 1. The van der Waals surface area contributed by atoms with Gasteiger partial charge in [-0.15, -0.1) is 0 Å². The summed E-state index contributed by atoms with van der Waals surface area (Å²) in [6.45, 7) is 4.69. The Labute approximate surface area is 140 Å². The lowest BCUT2D eigenvalue weighted by Crippen LogP contribution is -2.54. The first kappa shape index (κ1) is 18.7. The molecule has 2 aliphatic rings. The van der Waals surface area contributed by atoms with Gasteiger partial charge in [-0.1, -0.05) is 6.92 Å². The SMILES string of the molecule is CC1CCC(NS(=O)(=O)CC(=O)N2CCCCC2C(C)N)CC1. The molecule has 0 aromatic heterocycles. The second-order valence-corrected chi connectivity index (χ2v) is 9.10. The Kier molecular flexibility index (Phi) is 6.45. The molecule has 134 valence electrons. The van der Waals surface area contributed by atoms with Crippen molar-refractivity contribution < 1.29 is 13.2 Å². The Morgan fingerprint density at radius 3 is 2.48 bits per heavy atom. The quantitative estimate of drug-likeness (QED) is 0.783. The van der Waals surface area contributed by atoms with Crippen molar-refractivity contribution in [1.82, 2.24) is 9.62 Å². The molecule has 3 N–H and O–H groups in total.